The van der Waals surface area contributed by atoms with Crippen LogP contribution < -0.4 is 9.64 Å². The number of nitrogens with zero attached hydrogens (tertiary/aromatic N) is 2. The Balaban J connectivity index is 1.60. The van der Waals surface area contributed by atoms with Gasteiger partial charge >= 0.3 is 0 Å². The van der Waals surface area contributed by atoms with Crippen molar-refractivity contribution in [1.29, 1.82) is 0 Å². The number of amides is 1. The lowest BCUT2D eigenvalue weighted by molar-refractivity contribution is -0.121. The lowest BCUT2D eigenvalue weighted by atomic mass is 9.61. The van der Waals surface area contributed by atoms with E-state index in [0.29, 0.717) is 23.8 Å². The molecule has 1 aliphatic heterocycles. The molecule has 5 rings (SSSR count). The fourth-order valence-corrected chi connectivity index (χ4v) is 5.51. The molecule has 1 fully saturated rings. The Morgan fingerprint density at radius 1 is 1.03 bits per heavy atom. The van der Waals surface area contributed by atoms with Gasteiger partial charge in [0.25, 0.3) is 5.91 Å². The van der Waals surface area contributed by atoms with Crippen LogP contribution in [0.2, 0.25) is 0 Å². The van der Waals surface area contributed by atoms with Crippen molar-refractivity contribution in [3.05, 3.63) is 66.2 Å². The predicted octanol–water partition coefficient (Wildman–Crippen LogP) is 6.63. The van der Waals surface area contributed by atoms with Crippen LogP contribution in [0.1, 0.15) is 52.0 Å². The average Bonchev–Trinajstić information content (AvgIpc) is 2.81. The highest BCUT2D eigenvalue weighted by molar-refractivity contribution is 5.99. The van der Waals surface area contributed by atoms with E-state index in [0.717, 1.165) is 28.1 Å². The summed E-state index contributed by atoms with van der Waals surface area (Å²) in [5.41, 5.74) is 6.59. The molecular weight excluding hydrogens is 408 g/mol. The molecule has 0 spiro atoms. The Labute approximate surface area is 196 Å². The van der Waals surface area contributed by atoms with E-state index in [9.17, 15) is 4.79 Å². The van der Waals surface area contributed by atoms with Crippen LogP contribution in [0, 0.1) is 5.92 Å². The number of likely N-dealkylation sites (N-methyl/N-ethyl adjacent to an activating group) is 1. The molecule has 1 saturated carbocycles. The summed E-state index contributed by atoms with van der Waals surface area (Å²) >= 11 is 0. The first-order valence-electron chi connectivity index (χ1n) is 12.2. The van der Waals surface area contributed by atoms with Gasteiger partial charge in [-0.3, -0.25) is 4.79 Å². The maximum atomic E-state index is 12.4. The third-order valence-corrected chi connectivity index (χ3v) is 7.17. The third kappa shape index (κ3) is 3.92. The summed E-state index contributed by atoms with van der Waals surface area (Å²) in [5, 5.41) is 0. The maximum Gasteiger partial charge on any atom is 0.265 e. The van der Waals surface area contributed by atoms with Crippen molar-refractivity contribution in [3.8, 4) is 28.3 Å². The van der Waals surface area contributed by atoms with E-state index in [2.05, 4.69) is 56.3 Å². The molecule has 4 heteroatoms. The monoisotopic (exact) mass is 440 g/mol. The summed E-state index contributed by atoms with van der Waals surface area (Å²) in [7, 11) is 0. The quantitative estimate of drug-likeness (QED) is 0.432. The number of anilines is 1. The smallest absolute Gasteiger partial charge is 0.265 e. The summed E-state index contributed by atoms with van der Waals surface area (Å²) in [4.78, 5) is 19.1. The van der Waals surface area contributed by atoms with Gasteiger partial charge in [-0.2, -0.15) is 0 Å². The normalized spacial score (nSPS) is 16.8. The minimum absolute atomic E-state index is 0.0288. The minimum Gasteiger partial charge on any atom is -0.466 e. The lowest BCUT2D eigenvalue weighted by Gasteiger charge is -2.44. The molecule has 2 aliphatic rings. The molecule has 33 heavy (non-hydrogen) atoms. The van der Waals surface area contributed by atoms with Gasteiger partial charge in [-0.05, 0) is 54.7 Å². The SMILES string of the molecule is CCN1C(=O)COc2nc(-c3ccc(C4(CC(C)C)CCC4)cc3)c(-c3ccccc3)cc21. The van der Waals surface area contributed by atoms with Gasteiger partial charge in [0.1, 0.15) is 5.69 Å². The van der Waals surface area contributed by atoms with E-state index in [1.807, 2.05) is 25.1 Å². The number of hydrogen-bond donors (Lipinski definition) is 0. The van der Waals surface area contributed by atoms with Crippen molar-refractivity contribution in [2.75, 3.05) is 18.1 Å². The second kappa shape index (κ2) is 8.66. The zero-order valence-corrected chi connectivity index (χ0v) is 19.8. The summed E-state index contributed by atoms with van der Waals surface area (Å²) in [6.07, 6.45) is 5.13. The zero-order valence-electron chi connectivity index (χ0n) is 19.8. The van der Waals surface area contributed by atoms with Gasteiger partial charge in [0.05, 0.1) is 5.69 Å². The summed E-state index contributed by atoms with van der Waals surface area (Å²) in [5.74, 6) is 1.20. The Hall–Kier alpha value is -3.14. The van der Waals surface area contributed by atoms with Gasteiger partial charge in [0.2, 0.25) is 5.88 Å². The number of pyridine rings is 1. The molecule has 0 N–H and O–H groups in total. The van der Waals surface area contributed by atoms with Crippen LogP contribution in [-0.4, -0.2) is 24.0 Å². The van der Waals surface area contributed by atoms with E-state index in [1.54, 1.807) is 4.90 Å². The van der Waals surface area contributed by atoms with Gasteiger partial charge in [-0.15, -0.1) is 0 Å². The number of fused-ring (bicyclic) bond motifs is 1. The van der Waals surface area contributed by atoms with Gasteiger partial charge in [-0.25, -0.2) is 4.98 Å². The molecule has 170 valence electrons. The van der Waals surface area contributed by atoms with Gasteiger partial charge in [-0.1, -0.05) is 74.9 Å². The highest BCUT2D eigenvalue weighted by Crippen LogP contribution is 2.49. The van der Waals surface area contributed by atoms with Crippen LogP contribution >= 0.6 is 0 Å². The van der Waals surface area contributed by atoms with Crippen molar-refractivity contribution >= 4 is 11.6 Å². The maximum absolute atomic E-state index is 12.4. The summed E-state index contributed by atoms with van der Waals surface area (Å²) in [6.45, 7) is 7.25. The van der Waals surface area contributed by atoms with E-state index in [4.69, 9.17) is 9.72 Å². The van der Waals surface area contributed by atoms with Crippen molar-refractivity contribution in [2.45, 2.75) is 51.9 Å². The standard InChI is InChI=1S/C29H32N2O2/c1-4-31-25-17-24(21-9-6-5-7-10-21)27(30-28(25)33-19-26(31)32)22-11-13-23(14-12-22)29(15-8-16-29)18-20(2)3/h5-7,9-14,17,20H,4,8,15-16,18-19H2,1-3H3. The van der Waals surface area contributed by atoms with E-state index in [-0.39, 0.29) is 12.5 Å². The largest absolute Gasteiger partial charge is 0.466 e. The Morgan fingerprint density at radius 3 is 2.36 bits per heavy atom. The molecule has 3 aromatic rings. The van der Waals surface area contributed by atoms with Gasteiger partial charge < -0.3 is 9.64 Å². The number of hydrogen-bond acceptors (Lipinski definition) is 3. The first-order chi connectivity index (χ1) is 16.0. The molecule has 4 nitrogen and oxygen atoms in total. The first kappa shape index (κ1) is 21.7. The first-order valence-corrected chi connectivity index (χ1v) is 12.2. The van der Waals surface area contributed by atoms with Crippen LogP contribution in [0.15, 0.2) is 60.7 Å². The molecule has 0 radical (unpaired) electrons. The number of carbonyl (C=O) groups is 1. The fourth-order valence-electron chi connectivity index (χ4n) is 5.51. The Morgan fingerprint density at radius 2 is 1.76 bits per heavy atom. The van der Waals surface area contributed by atoms with Crippen LogP contribution in [0.25, 0.3) is 22.4 Å². The van der Waals surface area contributed by atoms with Crippen molar-refractivity contribution in [1.82, 2.24) is 4.98 Å². The number of carbonyl (C=O) groups excluding carboxylic acids is 1. The van der Waals surface area contributed by atoms with Crippen molar-refractivity contribution in [2.24, 2.45) is 5.92 Å². The lowest BCUT2D eigenvalue weighted by Crippen LogP contribution is -2.39. The molecule has 0 atom stereocenters. The molecule has 0 unspecified atom stereocenters. The van der Waals surface area contributed by atoms with E-state index < -0.39 is 0 Å². The molecule has 0 bridgehead atoms. The average molecular weight is 441 g/mol. The third-order valence-electron chi connectivity index (χ3n) is 7.17. The van der Waals surface area contributed by atoms with Crippen molar-refractivity contribution in [3.63, 3.8) is 0 Å². The summed E-state index contributed by atoms with van der Waals surface area (Å²) < 4.78 is 5.77. The summed E-state index contributed by atoms with van der Waals surface area (Å²) in [6, 6.07) is 21.4. The minimum atomic E-state index is -0.0288. The second-order valence-electron chi connectivity index (χ2n) is 9.81. The second-order valence-corrected chi connectivity index (χ2v) is 9.81. The highest BCUT2D eigenvalue weighted by Gasteiger charge is 2.38. The van der Waals surface area contributed by atoms with Gasteiger partial charge in [0, 0.05) is 17.7 Å². The van der Waals surface area contributed by atoms with Crippen LogP contribution in [-0.2, 0) is 10.2 Å². The topological polar surface area (TPSA) is 42.4 Å². The highest BCUT2D eigenvalue weighted by atomic mass is 16.5. The fraction of sp³-hybridized carbons (Fsp3) is 0.379. The molecule has 1 aromatic heterocycles. The van der Waals surface area contributed by atoms with Crippen LogP contribution in [0.5, 0.6) is 5.88 Å². The van der Waals surface area contributed by atoms with Crippen molar-refractivity contribution < 1.29 is 9.53 Å². The molecule has 0 saturated heterocycles. The Kier molecular flexibility index (Phi) is 5.69. The van der Waals surface area contributed by atoms with Gasteiger partial charge in [0.15, 0.2) is 6.61 Å². The molecule has 1 aliphatic carbocycles. The number of benzene rings is 2. The van der Waals surface area contributed by atoms with Crippen LogP contribution in [0.4, 0.5) is 5.69 Å². The molecular formula is C29H32N2O2. The molecule has 2 aromatic carbocycles. The Bertz CT molecular complexity index is 1150. The van der Waals surface area contributed by atoms with E-state index >= 15 is 0 Å². The number of rotatable bonds is 6. The molecule has 1 amide bonds. The van der Waals surface area contributed by atoms with E-state index in [1.165, 1.54) is 31.2 Å². The predicted molar refractivity (Wildman–Crippen MR) is 134 cm³/mol. The van der Waals surface area contributed by atoms with Crippen LogP contribution in [0.3, 0.4) is 0 Å². The number of ether oxygens (including phenoxy) is 1. The number of aromatic nitrogens is 1. The zero-order chi connectivity index (χ0) is 23.0. The molecule has 2 heterocycles.